The van der Waals surface area contributed by atoms with Gasteiger partial charge in [0.2, 0.25) is 0 Å². The van der Waals surface area contributed by atoms with Crippen LogP contribution in [0.1, 0.15) is 22.5 Å². The molecule has 3 rings (SSSR count). The van der Waals surface area contributed by atoms with Gasteiger partial charge in [0, 0.05) is 17.5 Å². The van der Waals surface area contributed by atoms with Crippen LogP contribution in [0.3, 0.4) is 0 Å². The van der Waals surface area contributed by atoms with Crippen molar-refractivity contribution in [2.45, 2.75) is 24.9 Å². The number of hydrogen-bond donors (Lipinski definition) is 2. The maximum atomic E-state index is 12.0. The molecule has 0 unspecified atom stereocenters. The molecule has 1 aliphatic carbocycles. The molecule has 3 N–H and O–H groups in total. The molecule has 0 aromatic carbocycles. The van der Waals surface area contributed by atoms with Crippen LogP contribution in [0.4, 0.5) is 0 Å². The SMILES string of the molecule is N[C@@H]1CC[C@@H]1NC(=O)c1scc2c1OCCO2. The van der Waals surface area contributed by atoms with Crippen molar-refractivity contribution in [3.8, 4) is 11.5 Å². The number of rotatable bonds is 2. The first-order valence-corrected chi connectivity index (χ1v) is 6.57. The van der Waals surface area contributed by atoms with E-state index in [-0.39, 0.29) is 18.0 Å². The molecule has 0 bridgehead atoms. The van der Waals surface area contributed by atoms with Crippen LogP contribution in [0.2, 0.25) is 0 Å². The van der Waals surface area contributed by atoms with Crippen LogP contribution >= 0.6 is 11.3 Å². The standard InChI is InChI=1S/C11H14N2O3S/c12-6-1-2-7(6)13-11(14)10-9-8(5-17-10)15-3-4-16-9/h5-7H,1-4,12H2,(H,13,14)/t6-,7+/m1/s1. The van der Waals surface area contributed by atoms with Gasteiger partial charge in [-0.1, -0.05) is 0 Å². The predicted octanol–water partition coefficient (Wildman–Crippen LogP) is 0.739. The average molecular weight is 254 g/mol. The van der Waals surface area contributed by atoms with Gasteiger partial charge in [0.05, 0.1) is 0 Å². The van der Waals surface area contributed by atoms with Gasteiger partial charge in [0.1, 0.15) is 18.1 Å². The minimum atomic E-state index is -0.109. The fraction of sp³-hybridized carbons (Fsp3) is 0.545. The van der Waals surface area contributed by atoms with Crippen molar-refractivity contribution in [3.05, 3.63) is 10.3 Å². The summed E-state index contributed by atoms with van der Waals surface area (Å²) in [6, 6.07) is 0.191. The predicted molar refractivity (Wildman–Crippen MR) is 63.8 cm³/mol. The molecule has 2 aliphatic rings. The third kappa shape index (κ3) is 1.87. The highest BCUT2D eigenvalue weighted by atomic mass is 32.1. The molecule has 1 amide bonds. The van der Waals surface area contributed by atoms with Gasteiger partial charge in [-0.15, -0.1) is 11.3 Å². The summed E-state index contributed by atoms with van der Waals surface area (Å²) in [6.45, 7) is 1.03. The quantitative estimate of drug-likeness (QED) is 0.816. The molecule has 1 aliphatic heterocycles. The second kappa shape index (κ2) is 4.19. The molecular formula is C11H14N2O3S. The van der Waals surface area contributed by atoms with Crippen LogP contribution in [0.25, 0.3) is 0 Å². The molecule has 6 heteroatoms. The number of carbonyl (C=O) groups is 1. The van der Waals surface area contributed by atoms with Gasteiger partial charge in [-0.2, -0.15) is 0 Å². The Morgan fingerprint density at radius 1 is 1.41 bits per heavy atom. The smallest absolute Gasteiger partial charge is 0.265 e. The molecule has 2 atom stereocenters. The molecular weight excluding hydrogens is 240 g/mol. The first-order chi connectivity index (χ1) is 8.25. The van der Waals surface area contributed by atoms with E-state index in [0.717, 1.165) is 12.8 Å². The first kappa shape index (κ1) is 10.9. The van der Waals surface area contributed by atoms with E-state index in [1.54, 1.807) is 0 Å². The summed E-state index contributed by atoms with van der Waals surface area (Å²) in [5, 5.41) is 4.74. The van der Waals surface area contributed by atoms with Crippen molar-refractivity contribution in [2.75, 3.05) is 13.2 Å². The van der Waals surface area contributed by atoms with E-state index < -0.39 is 0 Å². The number of ether oxygens (including phenoxy) is 2. The first-order valence-electron chi connectivity index (χ1n) is 5.69. The normalized spacial score (nSPS) is 26.2. The van der Waals surface area contributed by atoms with Crippen molar-refractivity contribution < 1.29 is 14.3 Å². The molecule has 0 spiro atoms. The van der Waals surface area contributed by atoms with Crippen LogP contribution in [0.5, 0.6) is 11.5 Å². The molecule has 1 saturated carbocycles. The zero-order chi connectivity index (χ0) is 11.8. The van der Waals surface area contributed by atoms with Crippen LogP contribution in [0.15, 0.2) is 5.38 Å². The van der Waals surface area contributed by atoms with Crippen LogP contribution in [0, 0.1) is 0 Å². The lowest BCUT2D eigenvalue weighted by molar-refractivity contribution is 0.0901. The summed E-state index contributed by atoms with van der Waals surface area (Å²) in [5.74, 6) is 1.14. The Morgan fingerprint density at radius 3 is 2.94 bits per heavy atom. The Labute approximate surface area is 103 Å². The number of fused-ring (bicyclic) bond motifs is 1. The summed E-state index contributed by atoms with van der Waals surface area (Å²) >= 11 is 1.35. The average Bonchev–Trinajstić information content (AvgIpc) is 2.77. The van der Waals surface area contributed by atoms with E-state index in [2.05, 4.69) is 5.32 Å². The minimum Gasteiger partial charge on any atom is -0.485 e. The van der Waals surface area contributed by atoms with E-state index in [0.29, 0.717) is 29.6 Å². The number of nitrogens with one attached hydrogen (secondary N) is 1. The maximum absolute atomic E-state index is 12.0. The van der Waals surface area contributed by atoms with Gasteiger partial charge >= 0.3 is 0 Å². The third-order valence-electron chi connectivity index (χ3n) is 3.15. The zero-order valence-electron chi connectivity index (χ0n) is 9.27. The Bertz CT molecular complexity index is 446. The van der Waals surface area contributed by atoms with Crippen LogP contribution < -0.4 is 20.5 Å². The van der Waals surface area contributed by atoms with Gasteiger partial charge in [0.15, 0.2) is 11.5 Å². The molecule has 1 aromatic rings. The maximum Gasteiger partial charge on any atom is 0.265 e. The van der Waals surface area contributed by atoms with E-state index >= 15 is 0 Å². The molecule has 92 valence electrons. The second-order valence-corrected chi connectivity index (χ2v) is 5.16. The number of hydrogen-bond acceptors (Lipinski definition) is 5. The fourth-order valence-corrected chi connectivity index (χ4v) is 2.79. The fourth-order valence-electron chi connectivity index (χ4n) is 1.96. The summed E-state index contributed by atoms with van der Waals surface area (Å²) in [6.07, 6.45) is 1.94. The summed E-state index contributed by atoms with van der Waals surface area (Å²) < 4.78 is 10.9. The highest BCUT2D eigenvalue weighted by Gasteiger charge is 2.31. The van der Waals surface area contributed by atoms with Gasteiger partial charge in [-0.25, -0.2) is 0 Å². The summed E-state index contributed by atoms with van der Waals surface area (Å²) in [5.41, 5.74) is 5.79. The molecule has 1 fully saturated rings. The second-order valence-electron chi connectivity index (χ2n) is 4.28. The molecule has 2 heterocycles. The lowest BCUT2D eigenvalue weighted by atomic mass is 9.87. The van der Waals surface area contributed by atoms with E-state index in [9.17, 15) is 4.79 Å². The van der Waals surface area contributed by atoms with Crippen LogP contribution in [-0.2, 0) is 0 Å². The van der Waals surface area contributed by atoms with Gasteiger partial charge < -0.3 is 20.5 Å². The zero-order valence-corrected chi connectivity index (χ0v) is 10.1. The summed E-state index contributed by atoms with van der Waals surface area (Å²) in [4.78, 5) is 12.6. The van der Waals surface area contributed by atoms with Gasteiger partial charge in [-0.3, -0.25) is 4.79 Å². The molecule has 1 aromatic heterocycles. The Morgan fingerprint density at radius 2 is 2.24 bits per heavy atom. The lowest BCUT2D eigenvalue weighted by Gasteiger charge is -2.34. The third-order valence-corrected chi connectivity index (χ3v) is 4.09. The van der Waals surface area contributed by atoms with E-state index in [4.69, 9.17) is 15.2 Å². The van der Waals surface area contributed by atoms with Gasteiger partial charge in [-0.05, 0) is 12.8 Å². The van der Waals surface area contributed by atoms with E-state index in [1.165, 1.54) is 11.3 Å². The van der Waals surface area contributed by atoms with Gasteiger partial charge in [0.25, 0.3) is 5.91 Å². The Hall–Kier alpha value is -1.27. The van der Waals surface area contributed by atoms with Crippen molar-refractivity contribution in [3.63, 3.8) is 0 Å². The monoisotopic (exact) mass is 254 g/mol. The van der Waals surface area contributed by atoms with Crippen molar-refractivity contribution in [1.82, 2.24) is 5.32 Å². The van der Waals surface area contributed by atoms with Crippen LogP contribution in [-0.4, -0.2) is 31.2 Å². The summed E-state index contributed by atoms with van der Waals surface area (Å²) in [7, 11) is 0. The lowest BCUT2D eigenvalue weighted by Crippen LogP contribution is -2.54. The van der Waals surface area contributed by atoms with Crippen molar-refractivity contribution >= 4 is 17.2 Å². The minimum absolute atomic E-state index is 0.0897. The highest BCUT2D eigenvalue weighted by Crippen LogP contribution is 2.39. The number of carbonyl (C=O) groups excluding carboxylic acids is 1. The van der Waals surface area contributed by atoms with Crippen molar-refractivity contribution in [1.29, 1.82) is 0 Å². The largest absolute Gasteiger partial charge is 0.485 e. The molecule has 5 nitrogen and oxygen atoms in total. The van der Waals surface area contributed by atoms with Crippen molar-refractivity contribution in [2.24, 2.45) is 5.73 Å². The number of thiophene rings is 1. The molecule has 0 saturated heterocycles. The number of amides is 1. The number of nitrogens with two attached hydrogens (primary N) is 1. The topological polar surface area (TPSA) is 73.6 Å². The van der Waals surface area contributed by atoms with E-state index in [1.807, 2.05) is 5.38 Å². The molecule has 17 heavy (non-hydrogen) atoms. The highest BCUT2D eigenvalue weighted by molar-refractivity contribution is 7.12. The Kier molecular flexibility index (Phi) is 2.68. The Balaban J connectivity index is 1.74. The molecule has 0 radical (unpaired) electrons.